The normalized spacial score (nSPS) is 22.6. The van der Waals surface area contributed by atoms with E-state index in [0.29, 0.717) is 12.4 Å². The lowest BCUT2D eigenvalue weighted by Gasteiger charge is -2.33. The Morgan fingerprint density at radius 3 is 2.76 bits per heavy atom. The highest BCUT2D eigenvalue weighted by Crippen LogP contribution is 2.39. The average molecular weight is 364 g/mol. The van der Waals surface area contributed by atoms with Crippen molar-refractivity contribution in [3.05, 3.63) is 29.8 Å². The Kier molecular flexibility index (Phi) is 6.62. The van der Waals surface area contributed by atoms with E-state index in [4.69, 9.17) is 4.74 Å². The van der Waals surface area contributed by atoms with Crippen LogP contribution >= 0.6 is 11.8 Å². The summed E-state index contributed by atoms with van der Waals surface area (Å²) in [5.74, 6) is 1.73. The molecule has 2 aliphatic heterocycles. The summed E-state index contributed by atoms with van der Waals surface area (Å²) in [6.45, 7) is 9.13. The number of likely N-dealkylation sites (N-methyl/N-ethyl adjacent to an activating group) is 1. The molecule has 25 heavy (non-hydrogen) atoms. The lowest BCUT2D eigenvalue weighted by atomic mass is 10.2. The molecule has 5 nitrogen and oxygen atoms in total. The van der Waals surface area contributed by atoms with Crippen LogP contribution in [0.3, 0.4) is 0 Å². The molecule has 0 spiro atoms. The maximum atomic E-state index is 12.3. The maximum absolute atomic E-state index is 12.3. The van der Waals surface area contributed by atoms with E-state index in [1.165, 1.54) is 5.56 Å². The second-order valence-electron chi connectivity index (χ2n) is 6.75. The molecule has 0 radical (unpaired) electrons. The van der Waals surface area contributed by atoms with Gasteiger partial charge in [-0.1, -0.05) is 12.1 Å². The lowest BCUT2D eigenvalue weighted by Crippen LogP contribution is -2.45. The largest absolute Gasteiger partial charge is 0.494 e. The van der Waals surface area contributed by atoms with Gasteiger partial charge in [0.1, 0.15) is 11.1 Å². The van der Waals surface area contributed by atoms with Crippen LogP contribution in [0.25, 0.3) is 0 Å². The van der Waals surface area contributed by atoms with Crippen LogP contribution in [-0.4, -0.2) is 79.3 Å². The molecule has 0 bridgehead atoms. The van der Waals surface area contributed by atoms with E-state index in [9.17, 15) is 4.79 Å². The third-order valence-corrected chi connectivity index (χ3v) is 6.15. The van der Waals surface area contributed by atoms with E-state index in [1.807, 2.05) is 24.0 Å². The van der Waals surface area contributed by atoms with Crippen molar-refractivity contribution in [3.8, 4) is 5.75 Å². The lowest BCUT2D eigenvalue weighted by molar-refractivity contribution is -0.128. The Balaban J connectivity index is 1.55. The van der Waals surface area contributed by atoms with Crippen molar-refractivity contribution in [2.45, 2.75) is 18.7 Å². The van der Waals surface area contributed by atoms with Crippen LogP contribution in [0.4, 0.5) is 0 Å². The van der Waals surface area contributed by atoms with Crippen molar-refractivity contribution < 1.29 is 9.53 Å². The second-order valence-corrected chi connectivity index (χ2v) is 7.82. The number of carbonyl (C=O) groups excluding carboxylic acids is 1. The van der Waals surface area contributed by atoms with E-state index >= 15 is 0 Å². The third kappa shape index (κ3) is 4.90. The number of carbonyl (C=O) groups is 1. The molecule has 1 amide bonds. The topological polar surface area (TPSA) is 36.0 Å². The van der Waals surface area contributed by atoms with Gasteiger partial charge < -0.3 is 19.4 Å². The third-order valence-electron chi connectivity index (χ3n) is 4.89. The van der Waals surface area contributed by atoms with Gasteiger partial charge in [-0.3, -0.25) is 4.79 Å². The van der Waals surface area contributed by atoms with Gasteiger partial charge >= 0.3 is 0 Å². The molecule has 138 valence electrons. The average Bonchev–Trinajstić information content (AvgIpc) is 2.98. The van der Waals surface area contributed by atoms with Gasteiger partial charge in [-0.2, -0.15) is 0 Å². The van der Waals surface area contributed by atoms with Gasteiger partial charge in [-0.05, 0) is 44.6 Å². The number of hydrogen-bond acceptors (Lipinski definition) is 5. The molecule has 1 aromatic rings. The molecule has 1 atom stereocenters. The molecule has 1 aromatic carbocycles. The van der Waals surface area contributed by atoms with Gasteiger partial charge in [0, 0.05) is 32.7 Å². The summed E-state index contributed by atoms with van der Waals surface area (Å²) < 4.78 is 5.61. The van der Waals surface area contributed by atoms with Gasteiger partial charge in [0.05, 0.1) is 12.4 Å². The zero-order valence-electron chi connectivity index (χ0n) is 15.3. The van der Waals surface area contributed by atoms with Gasteiger partial charge in [-0.25, -0.2) is 0 Å². The minimum Gasteiger partial charge on any atom is -0.494 e. The van der Waals surface area contributed by atoms with Crippen LogP contribution in [0.15, 0.2) is 24.3 Å². The molecule has 0 aromatic heterocycles. The fourth-order valence-corrected chi connectivity index (χ4v) is 4.64. The first kappa shape index (κ1) is 18.5. The molecule has 2 aliphatic rings. The van der Waals surface area contributed by atoms with Crippen LogP contribution < -0.4 is 4.74 Å². The van der Waals surface area contributed by atoms with E-state index in [1.54, 1.807) is 11.8 Å². The van der Waals surface area contributed by atoms with Gasteiger partial charge in [0.2, 0.25) is 5.91 Å². The van der Waals surface area contributed by atoms with Crippen LogP contribution in [0.2, 0.25) is 0 Å². The summed E-state index contributed by atoms with van der Waals surface area (Å²) in [6, 6.07) is 8.18. The quantitative estimate of drug-likeness (QED) is 0.743. The summed E-state index contributed by atoms with van der Waals surface area (Å²) in [7, 11) is 2.18. The monoisotopic (exact) mass is 363 g/mol. The van der Waals surface area contributed by atoms with Gasteiger partial charge in [-0.15, -0.1) is 11.8 Å². The number of amides is 1. The van der Waals surface area contributed by atoms with Crippen LogP contribution in [0.1, 0.15) is 24.3 Å². The van der Waals surface area contributed by atoms with Crippen molar-refractivity contribution in [1.29, 1.82) is 0 Å². The highest BCUT2D eigenvalue weighted by molar-refractivity contribution is 8.00. The number of piperazine rings is 1. The van der Waals surface area contributed by atoms with Crippen molar-refractivity contribution in [1.82, 2.24) is 14.7 Å². The van der Waals surface area contributed by atoms with Crippen molar-refractivity contribution >= 4 is 17.7 Å². The first-order valence-electron chi connectivity index (χ1n) is 9.22. The predicted molar refractivity (Wildman–Crippen MR) is 103 cm³/mol. The van der Waals surface area contributed by atoms with Crippen LogP contribution in [0.5, 0.6) is 5.75 Å². The fraction of sp³-hybridized carbons (Fsp3) is 0.632. The Morgan fingerprint density at radius 1 is 1.20 bits per heavy atom. The van der Waals surface area contributed by atoms with Crippen molar-refractivity contribution in [3.63, 3.8) is 0 Å². The molecule has 2 heterocycles. The van der Waals surface area contributed by atoms with Crippen LogP contribution in [0, 0.1) is 0 Å². The first-order valence-corrected chi connectivity index (χ1v) is 10.3. The SMILES string of the molecule is CCOc1cccc(C2SCC(=O)N2CCCN2CCN(C)CC2)c1. The summed E-state index contributed by atoms with van der Waals surface area (Å²) in [6.07, 6.45) is 1.04. The molecular weight excluding hydrogens is 334 g/mol. The number of nitrogens with zero attached hydrogens (tertiary/aromatic N) is 3. The molecule has 2 saturated heterocycles. The summed E-state index contributed by atoms with van der Waals surface area (Å²) in [4.78, 5) is 19.3. The van der Waals surface area contributed by atoms with Gasteiger partial charge in [0.15, 0.2) is 0 Å². The Morgan fingerprint density at radius 2 is 2.00 bits per heavy atom. The second kappa shape index (κ2) is 8.92. The number of ether oxygens (including phenoxy) is 1. The van der Waals surface area contributed by atoms with Gasteiger partial charge in [0.25, 0.3) is 0 Å². The van der Waals surface area contributed by atoms with Crippen molar-refractivity contribution in [2.75, 3.05) is 58.7 Å². The van der Waals surface area contributed by atoms with Crippen molar-refractivity contribution in [2.24, 2.45) is 0 Å². The summed E-state index contributed by atoms with van der Waals surface area (Å²) in [5, 5.41) is 0.125. The first-order chi connectivity index (χ1) is 12.2. The number of rotatable bonds is 7. The molecule has 2 fully saturated rings. The Hall–Kier alpha value is -1.24. The Labute approximate surface area is 155 Å². The molecule has 1 unspecified atom stereocenters. The predicted octanol–water partition coefficient (Wildman–Crippen LogP) is 2.30. The molecule has 3 rings (SSSR count). The zero-order valence-corrected chi connectivity index (χ0v) is 16.1. The standard InChI is InChI=1S/C19H29N3O2S/c1-3-24-17-7-4-6-16(14-17)19-22(18(23)15-25-19)9-5-8-21-12-10-20(2)11-13-21/h4,6-7,14,19H,3,5,8-13,15H2,1-2H3. The molecular formula is C19H29N3O2S. The Bertz CT molecular complexity index is 576. The maximum Gasteiger partial charge on any atom is 0.233 e. The highest BCUT2D eigenvalue weighted by atomic mass is 32.2. The van der Waals surface area contributed by atoms with Crippen LogP contribution in [-0.2, 0) is 4.79 Å². The summed E-state index contributed by atoms with van der Waals surface area (Å²) in [5.41, 5.74) is 1.17. The zero-order chi connectivity index (χ0) is 17.6. The number of thioether (sulfide) groups is 1. The fourth-order valence-electron chi connectivity index (χ4n) is 3.43. The molecule has 0 N–H and O–H groups in total. The van der Waals surface area contributed by atoms with E-state index in [-0.39, 0.29) is 11.3 Å². The molecule has 0 aliphatic carbocycles. The van der Waals surface area contributed by atoms with E-state index in [0.717, 1.165) is 51.4 Å². The minimum absolute atomic E-state index is 0.125. The van der Waals surface area contributed by atoms with E-state index in [2.05, 4.69) is 29.0 Å². The molecule has 6 heteroatoms. The highest BCUT2D eigenvalue weighted by Gasteiger charge is 2.32. The number of hydrogen-bond donors (Lipinski definition) is 0. The summed E-state index contributed by atoms with van der Waals surface area (Å²) >= 11 is 1.73. The smallest absolute Gasteiger partial charge is 0.233 e. The molecule has 0 saturated carbocycles. The minimum atomic E-state index is 0.125. The van der Waals surface area contributed by atoms with E-state index < -0.39 is 0 Å². The number of benzene rings is 1.